The number of rotatable bonds is 15. The lowest BCUT2D eigenvalue weighted by atomic mass is 9.89. The van der Waals surface area contributed by atoms with E-state index in [9.17, 15) is 18.0 Å². The number of amides is 2. The van der Waals surface area contributed by atoms with Gasteiger partial charge in [0.2, 0.25) is 11.8 Å². The van der Waals surface area contributed by atoms with Crippen molar-refractivity contribution >= 4 is 50.7 Å². The van der Waals surface area contributed by atoms with Crippen molar-refractivity contribution in [3.05, 3.63) is 12.4 Å². The molecular weight excluding hydrogens is 517 g/mol. The third-order valence-corrected chi connectivity index (χ3v) is 10.3. The van der Waals surface area contributed by atoms with Crippen LogP contribution in [0.25, 0.3) is 0 Å². The molecule has 0 N–H and O–H groups in total. The number of hydrogen-bond donors (Lipinski definition) is 0. The molecular formula is C25H44N4O4S3. The van der Waals surface area contributed by atoms with E-state index in [1.54, 1.807) is 9.80 Å². The summed E-state index contributed by atoms with van der Waals surface area (Å²) in [5, 5.41) is 0.580. The van der Waals surface area contributed by atoms with Crippen LogP contribution in [0.15, 0.2) is 12.4 Å². The molecule has 8 nitrogen and oxygen atoms in total. The molecule has 0 bridgehead atoms. The predicted octanol–water partition coefficient (Wildman–Crippen LogP) is 2.40. The number of likely N-dealkylation sites (N-methyl/N-ethyl adjacent to an activating group) is 2. The van der Waals surface area contributed by atoms with Crippen LogP contribution >= 0.6 is 12.2 Å². The summed E-state index contributed by atoms with van der Waals surface area (Å²) in [5.74, 6) is 2.67. The fourth-order valence-corrected chi connectivity index (χ4v) is 8.13. The number of thiocarbonyl (C=S) groups is 1. The first-order chi connectivity index (χ1) is 16.7. The van der Waals surface area contributed by atoms with Crippen LogP contribution in [-0.2, 0) is 31.2 Å². The Morgan fingerprint density at radius 2 is 1.19 bits per heavy atom. The van der Waals surface area contributed by atoms with Gasteiger partial charge >= 0.3 is 0 Å². The van der Waals surface area contributed by atoms with Gasteiger partial charge in [0, 0.05) is 70.8 Å². The van der Waals surface area contributed by atoms with Crippen molar-refractivity contribution in [3.63, 3.8) is 0 Å². The summed E-state index contributed by atoms with van der Waals surface area (Å²) in [4.78, 5) is 31.9. The largest absolute Gasteiger partial charge is 0.349 e. The highest BCUT2D eigenvalue weighted by Crippen LogP contribution is 2.28. The second-order valence-electron chi connectivity index (χ2n) is 11.2. The van der Waals surface area contributed by atoms with Crippen molar-refractivity contribution < 1.29 is 18.0 Å². The lowest BCUT2D eigenvalue weighted by molar-refractivity contribution is -0.127. The summed E-state index contributed by atoms with van der Waals surface area (Å²) >= 11 is 5.44. The van der Waals surface area contributed by atoms with Gasteiger partial charge in [-0.2, -0.15) is 0 Å². The average Bonchev–Trinajstić information content (AvgIpc) is 3.23. The molecule has 2 fully saturated rings. The molecule has 0 radical (unpaired) electrons. The highest BCUT2D eigenvalue weighted by atomic mass is 32.2. The van der Waals surface area contributed by atoms with Crippen LogP contribution in [0.4, 0.5) is 0 Å². The summed E-state index contributed by atoms with van der Waals surface area (Å²) in [5.41, 5.74) is -0.408. The van der Waals surface area contributed by atoms with E-state index in [2.05, 4.69) is 34.3 Å². The van der Waals surface area contributed by atoms with Crippen LogP contribution in [0.2, 0.25) is 0 Å². The summed E-state index contributed by atoms with van der Waals surface area (Å²) in [6.45, 7) is 19.6. The van der Waals surface area contributed by atoms with Crippen molar-refractivity contribution in [2.75, 3.05) is 62.3 Å². The van der Waals surface area contributed by atoms with Crippen LogP contribution in [0.3, 0.4) is 0 Å². The van der Waals surface area contributed by atoms with Gasteiger partial charge in [-0.15, -0.1) is 0 Å². The fourth-order valence-electron chi connectivity index (χ4n) is 4.31. The maximum absolute atomic E-state index is 12.6. The molecule has 11 heteroatoms. The summed E-state index contributed by atoms with van der Waals surface area (Å²) in [7, 11) is -2.13. The molecule has 0 spiro atoms. The molecule has 36 heavy (non-hydrogen) atoms. The highest BCUT2D eigenvalue weighted by Gasteiger charge is 2.36. The van der Waals surface area contributed by atoms with E-state index >= 15 is 0 Å². The zero-order chi connectivity index (χ0) is 27.3. The predicted molar refractivity (Wildman–Crippen MR) is 152 cm³/mol. The summed E-state index contributed by atoms with van der Waals surface area (Å²) < 4.78 is 25.3. The number of nitrogens with zero attached hydrogens (tertiary/aromatic N) is 4. The molecule has 0 saturated carbocycles. The molecule has 2 unspecified atom stereocenters. The minimum Gasteiger partial charge on any atom is -0.349 e. The Morgan fingerprint density at radius 3 is 1.61 bits per heavy atom. The molecule has 2 heterocycles. The van der Waals surface area contributed by atoms with E-state index in [0.29, 0.717) is 73.7 Å². The fraction of sp³-hybridized carbons (Fsp3) is 0.800. The topological polar surface area (TPSA) is 81.2 Å². The quantitative estimate of drug-likeness (QED) is 0.285. The average molecular weight is 561 g/mol. The maximum Gasteiger partial charge on any atom is 0.248 e. The summed E-state index contributed by atoms with van der Waals surface area (Å²) in [6, 6.07) is 0. The van der Waals surface area contributed by atoms with Crippen LogP contribution in [-0.4, -0.2) is 107 Å². The monoisotopic (exact) mass is 560 g/mol. The molecule has 2 saturated heterocycles. The van der Waals surface area contributed by atoms with Gasteiger partial charge in [-0.25, -0.2) is 0 Å². The van der Waals surface area contributed by atoms with Crippen molar-refractivity contribution in [2.45, 2.75) is 54.4 Å². The standard InChI is InChI=1S/C25H44N4O4S3/c1-8-26-16-21(30)28(20(26)3)18-24(4,5)10-12-35(32)14-15-36(33)13-11-25(6,7)19-29-22(31)17-27(9-2)23(29)34/h3,8-19H2,1-2,4-7H3. The van der Waals surface area contributed by atoms with Crippen LogP contribution in [0.1, 0.15) is 54.4 Å². The van der Waals surface area contributed by atoms with Gasteiger partial charge in [-0.05, 0) is 49.7 Å². The van der Waals surface area contributed by atoms with E-state index < -0.39 is 21.6 Å². The zero-order valence-corrected chi connectivity index (χ0v) is 25.3. The van der Waals surface area contributed by atoms with E-state index in [-0.39, 0.29) is 22.6 Å². The zero-order valence-electron chi connectivity index (χ0n) is 22.8. The van der Waals surface area contributed by atoms with Crippen LogP contribution < -0.4 is 0 Å². The minimum absolute atomic E-state index is 0.0236. The third-order valence-electron chi connectivity index (χ3n) is 6.92. The Balaban J connectivity index is 1.72. The Kier molecular flexibility index (Phi) is 11.1. The highest BCUT2D eigenvalue weighted by molar-refractivity contribution is 7.88. The smallest absolute Gasteiger partial charge is 0.248 e. The Hall–Kier alpha value is -1.33. The second-order valence-corrected chi connectivity index (χ2v) is 15.0. The maximum atomic E-state index is 12.6. The number of carbonyl (C=O) groups excluding carboxylic acids is 2. The molecule has 2 aliphatic rings. The molecule has 2 atom stereocenters. The molecule has 2 amide bonds. The SMILES string of the molecule is C=C1N(CC)CC(=O)N1CC(C)(C)CCS(=O)CCS(=O)CCC(C)(C)CN1C(=O)CN(CC)C1=S. The molecule has 206 valence electrons. The Bertz CT molecular complexity index is 834. The van der Waals surface area contributed by atoms with E-state index in [0.717, 1.165) is 12.4 Å². The molecule has 0 aromatic heterocycles. The number of hydrogen-bond acceptors (Lipinski definition) is 6. The van der Waals surface area contributed by atoms with Crippen molar-refractivity contribution in [3.8, 4) is 0 Å². The van der Waals surface area contributed by atoms with Crippen molar-refractivity contribution in [1.82, 2.24) is 19.6 Å². The van der Waals surface area contributed by atoms with Crippen molar-refractivity contribution in [2.24, 2.45) is 10.8 Å². The second kappa shape index (κ2) is 13.0. The molecule has 0 aromatic carbocycles. The minimum atomic E-state index is -1.07. The number of carbonyl (C=O) groups is 2. The first kappa shape index (κ1) is 30.9. The van der Waals surface area contributed by atoms with E-state index in [1.165, 1.54) is 0 Å². The molecule has 0 aliphatic carbocycles. The third kappa shape index (κ3) is 8.62. The van der Waals surface area contributed by atoms with Crippen LogP contribution in [0.5, 0.6) is 0 Å². The van der Waals surface area contributed by atoms with Gasteiger partial charge in [0.05, 0.1) is 13.1 Å². The lowest BCUT2D eigenvalue weighted by Gasteiger charge is -2.31. The Labute approximate surface area is 227 Å². The normalized spacial score (nSPS) is 19.2. The van der Waals surface area contributed by atoms with E-state index in [4.69, 9.17) is 12.2 Å². The first-order valence-electron chi connectivity index (χ1n) is 12.7. The molecule has 0 aromatic rings. The van der Waals surface area contributed by atoms with E-state index in [1.807, 2.05) is 23.6 Å². The summed E-state index contributed by atoms with van der Waals surface area (Å²) in [6.07, 6.45) is 1.40. The Morgan fingerprint density at radius 1 is 0.778 bits per heavy atom. The van der Waals surface area contributed by atoms with Gasteiger partial charge in [0.1, 0.15) is 5.82 Å². The van der Waals surface area contributed by atoms with Gasteiger partial charge in [-0.3, -0.25) is 27.8 Å². The molecule has 2 aliphatic heterocycles. The van der Waals surface area contributed by atoms with Gasteiger partial charge < -0.3 is 9.80 Å². The lowest BCUT2D eigenvalue weighted by Crippen LogP contribution is -2.40. The van der Waals surface area contributed by atoms with Gasteiger partial charge in [-0.1, -0.05) is 34.3 Å². The van der Waals surface area contributed by atoms with Crippen molar-refractivity contribution in [1.29, 1.82) is 0 Å². The van der Waals surface area contributed by atoms with Gasteiger partial charge in [0.15, 0.2) is 5.11 Å². The molecule has 2 rings (SSSR count). The first-order valence-corrected chi connectivity index (χ1v) is 16.1. The van der Waals surface area contributed by atoms with Gasteiger partial charge in [0.25, 0.3) is 0 Å². The van der Waals surface area contributed by atoms with Crippen LogP contribution in [0, 0.1) is 10.8 Å².